The summed E-state index contributed by atoms with van der Waals surface area (Å²) in [7, 11) is 4.08. The number of rotatable bonds is 6. The van der Waals surface area contributed by atoms with Crippen LogP contribution in [0.1, 0.15) is 24.4 Å². The van der Waals surface area contributed by atoms with Crippen LogP contribution in [0.15, 0.2) is 30.9 Å². The van der Waals surface area contributed by atoms with Crippen molar-refractivity contribution in [3.05, 3.63) is 41.4 Å². The summed E-state index contributed by atoms with van der Waals surface area (Å²) in [5, 5.41) is 4.28. The predicted octanol–water partition coefficient (Wildman–Crippen LogP) is 3.32. The molecule has 21 heavy (non-hydrogen) atoms. The van der Waals surface area contributed by atoms with Crippen LogP contribution in [0.3, 0.4) is 0 Å². The fourth-order valence-electron chi connectivity index (χ4n) is 2.87. The lowest BCUT2D eigenvalue weighted by Gasteiger charge is -2.35. The Labute approximate surface area is 133 Å². The number of hydrogen-bond donors (Lipinski definition) is 1. The Hall–Kier alpha value is -1.03. The summed E-state index contributed by atoms with van der Waals surface area (Å²) < 4.78 is 0. The smallest absolute Gasteiger partial charge is 0.0474 e. The SMILES string of the molecule is C=CCC[C@H](c1ccc(N(C)C)cc1Cl)N1CCNCC1. The summed E-state index contributed by atoms with van der Waals surface area (Å²) in [6, 6.07) is 6.80. The average molecular weight is 308 g/mol. The van der Waals surface area contributed by atoms with Gasteiger partial charge < -0.3 is 10.2 Å². The van der Waals surface area contributed by atoms with Crippen LogP contribution in [0, 0.1) is 0 Å². The number of allylic oxidation sites excluding steroid dienone is 1. The van der Waals surface area contributed by atoms with Crippen molar-refractivity contribution in [3.63, 3.8) is 0 Å². The third-order valence-electron chi connectivity index (χ3n) is 4.10. The van der Waals surface area contributed by atoms with E-state index < -0.39 is 0 Å². The van der Waals surface area contributed by atoms with E-state index in [4.69, 9.17) is 11.6 Å². The highest BCUT2D eigenvalue weighted by molar-refractivity contribution is 6.31. The Bertz CT molecular complexity index is 467. The summed E-state index contributed by atoms with van der Waals surface area (Å²) in [6.45, 7) is 8.12. The molecule has 1 aromatic carbocycles. The molecule has 3 nitrogen and oxygen atoms in total. The van der Waals surface area contributed by atoms with E-state index in [0.717, 1.165) is 49.7 Å². The third-order valence-corrected chi connectivity index (χ3v) is 4.42. The van der Waals surface area contributed by atoms with Gasteiger partial charge in [0.25, 0.3) is 0 Å². The topological polar surface area (TPSA) is 18.5 Å². The summed E-state index contributed by atoms with van der Waals surface area (Å²) in [4.78, 5) is 4.62. The summed E-state index contributed by atoms with van der Waals surface area (Å²) in [5.41, 5.74) is 2.39. The van der Waals surface area contributed by atoms with Gasteiger partial charge >= 0.3 is 0 Å². The third kappa shape index (κ3) is 4.22. The van der Waals surface area contributed by atoms with E-state index in [-0.39, 0.29) is 0 Å². The normalized spacial score (nSPS) is 17.5. The van der Waals surface area contributed by atoms with Crippen molar-refractivity contribution < 1.29 is 0 Å². The lowest BCUT2D eigenvalue weighted by atomic mass is 9.99. The number of nitrogens with one attached hydrogen (secondary N) is 1. The van der Waals surface area contributed by atoms with Crippen LogP contribution in [0.5, 0.6) is 0 Å². The summed E-state index contributed by atoms with van der Waals surface area (Å²) >= 11 is 6.57. The number of halogens is 1. The zero-order chi connectivity index (χ0) is 15.2. The first-order valence-electron chi connectivity index (χ1n) is 7.66. The molecule has 0 aromatic heterocycles. The van der Waals surface area contributed by atoms with E-state index in [1.54, 1.807) is 0 Å². The highest BCUT2D eigenvalue weighted by Gasteiger charge is 2.23. The van der Waals surface area contributed by atoms with E-state index in [0.29, 0.717) is 6.04 Å². The molecule has 1 fully saturated rings. The maximum absolute atomic E-state index is 6.57. The Morgan fingerprint density at radius 2 is 2.10 bits per heavy atom. The zero-order valence-electron chi connectivity index (χ0n) is 13.1. The van der Waals surface area contributed by atoms with Crippen molar-refractivity contribution in [1.82, 2.24) is 10.2 Å². The summed E-state index contributed by atoms with van der Waals surface area (Å²) in [6.07, 6.45) is 4.09. The number of benzene rings is 1. The average Bonchev–Trinajstić information content (AvgIpc) is 2.50. The number of piperazine rings is 1. The minimum atomic E-state index is 0.383. The van der Waals surface area contributed by atoms with Gasteiger partial charge in [0, 0.05) is 57.0 Å². The van der Waals surface area contributed by atoms with Gasteiger partial charge in [0.05, 0.1) is 0 Å². The number of nitrogens with zero attached hydrogens (tertiary/aromatic N) is 2. The molecule has 1 aliphatic rings. The van der Waals surface area contributed by atoms with Crippen molar-refractivity contribution in [2.45, 2.75) is 18.9 Å². The molecule has 1 aromatic rings. The molecule has 0 radical (unpaired) electrons. The molecule has 0 saturated carbocycles. The van der Waals surface area contributed by atoms with Crippen molar-refractivity contribution in [2.24, 2.45) is 0 Å². The summed E-state index contributed by atoms with van der Waals surface area (Å²) in [5.74, 6) is 0. The Morgan fingerprint density at radius 3 is 2.67 bits per heavy atom. The predicted molar refractivity (Wildman–Crippen MR) is 92.4 cm³/mol. The Kier molecular flexibility index (Phi) is 6.09. The minimum Gasteiger partial charge on any atom is -0.378 e. The van der Waals surface area contributed by atoms with E-state index in [9.17, 15) is 0 Å². The van der Waals surface area contributed by atoms with Crippen LogP contribution in [-0.2, 0) is 0 Å². The van der Waals surface area contributed by atoms with Crippen LogP contribution in [0.4, 0.5) is 5.69 Å². The number of anilines is 1. The lowest BCUT2D eigenvalue weighted by Crippen LogP contribution is -2.45. The highest BCUT2D eigenvalue weighted by Crippen LogP contribution is 2.33. The minimum absolute atomic E-state index is 0.383. The molecule has 1 heterocycles. The van der Waals surface area contributed by atoms with Crippen molar-refractivity contribution in [1.29, 1.82) is 0 Å². The number of hydrogen-bond acceptors (Lipinski definition) is 3. The fraction of sp³-hybridized carbons (Fsp3) is 0.529. The quantitative estimate of drug-likeness (QED) is 0.813. The van der Waals surface area contributed by atoms with Crippen LogP contribution in [0.2, 0.25) is 5.02 Å². The van der Waals surface area contributed by atoms with Gasteiger partial charge in [0.1, 0.15) is 0 Å². The van der Waals surface area contributed by atoms with Crippen LogP contribution < -0.4 is 10.2 Å². The maximum atomic E-state index is 6.57. The molecule has 0 amide bonds. The van der Waals surface area contributed by atoms with Crippen molar-refractivity contribution >= 4 is 17.3 Å². The second-order valence-electron chi connectivity index (χ2n) is 5.77. The second-order valence-corrected chi connectivity index (χ2v) is 6.18. The van der Waals surface area contributed by atoms with Crippen LogP contribution in [0.25, 0.3) is 0 Å². The first kappa shape index (κ1) is 16.3. The molecule has 1 aliphatic heterocycles. The Morgan fingerprint density at radius 1 is 1.38 bits per heavy atom. The largest absolute Gasteiger partial charge is 0.378 e. The van der Waals surface area contributed by atoms with E-state index in [1.165, 1.54) is 5.56 Å². The molecule has 1 N–H and O–H groups in total. The standard InChI is InChI=1S/C17H26ClN3/c1-4-5-6-17(21-11-9-19-10-12-21)15-8-7-14(20(2)3)13-16(15)18/h4,7-8,13,17,19H,1,5-6,9-12H2,2-3H3/t17-/m1/s1. The molecule has 0 spiro atoms. The van der Waals surface area contributed by atoms with Gasteiger partial charge in [-0.05, 0) is 30.5 Å². The van der Waals surface area contributed by atoms with Crippen molar-refractivity contribution in [3.8, 4) is 0 Å². The molecule has 2 rings (SSSR count). The van der Waals surface area contributed by atoms with E-state index in [2.05, 4.69) is 39.9 Å². The van der Waals surface area contributed by atoms with Gasteiger partial charge in [0.2, 0.25) is 0 Å². The fourth-order valence-corrected chi connectivity index (χ4v) is 3.17. The van der Waals surface area contributed by atoms with Gasteiger partial charge in [0.15, 0.2) is 0 Å². The Balaban J connectivity index is 2.24. The van der Waals surface area contributed by atoms with E-state index in [1.807, 2.05) is 20.2 Å². The molecule has 0 unspecified atom stereocenters. The second kappa shape index (κ2) is 7.83. The zero-order valence-corrected chi connectivity index (χ0v) is 13.9. The van der Waals surface area contributed by atoms with Crippen LogP contribution in [-0.4, -0.2) is 45.2 Å². The maximum Gasteiger partial charge on any atom is 0.0474 e. The molecule has 116 valence electrons. The van der Waals surface area contributed by atoms with E-state index >= 15 is 0 Å². The van der Waals surface area contributed by atoms with Gasteiger partial charge in [-0.15, -0.1) is 6.58 Å². The molecule has 0 bridgehead atoms. The molecule has 0 aliphatic carbocycles. The highest BCUT2D eigenvalue weighted by atomic mass is 35.5. The van der Waals surface area contributed by atoms with Gasteiger partial charge in [-0.2, -0.15) is 0 Å². The molecule has 1 atom stereocenters. The molecular weight excluding hydrogens is 282 g/mol. The van der Waals surface area contributed by atoms with Gasteiger partial charge in [-0.25, -0.2) is 0 Å². The molecule has 1 saturated heterocycles. The van der Waals surface area contributed by atoms with Gasteiger partial charge in [-0.1, -0.05) is 23.7 Å². The van der Waals surface area contributed by atoms with Gasteiger partial charge in [-0.3, -0.25) is 4.90 Å². The lowest BCUT2D eigenvalue weighted by molar-refractivity contribution is 0.166. The monoisotopic (exact) mass is 307 g/mol. The first-order chi connectivity index (χ1) is 10.1. The molecule has 4 heteroatoms. The molecular formula is C17H26ClN3. The van der Waals surface area contributed by atoms with Crippen molar-refractivity contribution in [2.75, 3.05) is 45.2 Å². The van der Waals surface area contributed by atoms with Crippen LogP contribution >= 0.6 is 11.6 Å². The first-order valence-corrected chi connectivity index (χ1v) is 8.03.